The van der Waals surface area contributed by atoms with Gasteiger partial charge in [0.05, 0.1) is 39.7 Å². The number of fused-ring (bicyclic) bond motifs is 2. The maximum Gasteiger partial charge on any atom is 0.184 e. The van der Waals surface area contributed by atoms with Crippen molar-refractivity contribution in [3.8, 4) is 0 Å². The molecule has 2 aromatic carbocycles. The average Bonchev–Trinajstić information content (AvgIpc) is 3.27. The summed E-state index contributed by atoms with van der Waals surface area (Å²) in [6.07, 6.45) is 5.81. The Balaban J connectivity index is 1.39. The molecule has 4 aromatic rings. The zero-order chi connectivity index (χ0) is 18.2. The summed E-state index contributed by atoms with van der Waals surface area (Å²) in [5.74, 6) is 0. The molecule has 6 heteroatoms. The van der Waals surface area contributed by atoms with Crippen molar-refractivity contribution in [1.82, 2.24) is 14.5 Å². The predicted octanol–water partition coefficient (Wildman–Crippen LogP) is 4.41. The lowest BCUT2D eigenvalue weighted by molar-refractivity contribution is 0.116. The Morgan fingerprint density at radius 2 is 2.00 bits per heavy atom. The largest absolute Gasteiger partial charge is 0.391 e. The van der Waals surface area contributed by atoms with Crippen LogP contribution >= 0.6 is 11.3 Å². The third-order valence-electron chi connectivity index (χ3n) is 5.37. The molecule has 2 heterocycles. The van der Waals surface area contributed by atoms with E-state index in [9.17, 15) is 5.11 Å². The Labute approximate surface area is 161 Å². The lowest BCUT2D eigenvalue weighted by atomic mass is 9.93. The van der Waals surface area contributed by atoms with Crippen molar-refractivity contribution in [3.63, 3.8) is 0 Å². The van der Waals surface area contributed by atoms with Crippen LogP contribution in [0, 0.1) is 0 Å². The Kier molecular flexibility index (Phi) is 4.30. The van der Waals surface area contributed by atoms with Crippen LogP contribution in [0.2, 0.25) is 0 Å². The summed E-state index contributed by atoms with van der Waals surface area (Å²) >= 11 is 1.67. The monoisotopic (exact) mass is 378 g/mol. The van der Waals surface area contributed by atoms with E-state index in [4.69, 9.17) is 4.98 Å². The first-order chi connectivity index (χ1) is 13.3. The molecule has 0 bridgehead atoms. The summed E-state index contributed by atoms with van der Waals surface area (Å²) in [7, 11) is 0. The van der Waals surface area contributed by atoms with Crippen molar-refractivity contribution >= 4 is 37.7 Å². The highest BCUT2D eigenvalue weighted by Gasteiger charge is 2.23. The summed E-state index contributed by atoms with van der Waals surface area (Å²) in [4.78, 5) is 9.18. The molecule has 1 unspecified atom stereocenters. The number of imidazole rings is 1. The molecule has 2 atom stereocenters. The number of aliphatic hydroxyl groups excluding tert-OH is 1. The first-order valence-electron chi connectivity index (χ1n) is 9.50. The second kappa shape index (κ2) is 6.94. The molecule has 0 spiro atoms. The zero-order valence-electron chi connectivity index (χ0n) is 15.0. The topological polar surface area (TPSA) is 63.0 Å². The van der Waals surface area contributed by atoms with E-state index >= 15 is 0 Å². The van der Waals surface area contributed by atoms with Crippen LogP contribution < -0.4 is 5.32 Å². The number of benzene rings is 2. The van der Waals surface area contributed by atoms with Gasteiger partial charge in [0.1, 0.15) is 0 Å². The number of aliphatic hydroxyl groups is 1. The van der Waals surface area contributed by atoms with Gasteiger partial charge in [0.15, 0.2) is 5.13 Å². The van der Waals surface area contributed by atoms with Gasteiger partial charge in [-0.3, -0.25) is 0 Å². The average molecular weight is 379 g/mol. The van der Waals surface area contributed by atoms with Gasteiger partial charge in [-0.05, 0) is 42.7 Å². The van der Waals surface area contributed by atoms with Crippen LogP contribution in [0.25, 0.3) is 21.3 Å². The summed E-state index contributed by atoms with van der Waals surface area (Å²) < 4.78 is 3.35. The van der Waals surface area contributed by atoms with E-state index in [1.54, 1.807) is 11.3 Å². The van der Waals surface area contributed by atoms with E-state index in [0.29, 0.717) is 0 Å². The van der Waals surface area contributed by atoms with Crippen LogP contribution in [0.5, 0.6) is 0 Å². The summed E-state index contributed by atoms with van der Waals surface area (Å²) in [5.41, 5.74) is 4.41. The standard InChI is InChI=1S/C21H22N4OS/c26-19-8-4-2-6-16(19)23-21-24-17-10-9-14(11-20(17)27-21)12-25-13-22-15-5-1-3-7-18(15)25/h1,3,5,7,9-11,13,16,19,26H,2,4,6,8,12H2,(H,23,24)/t16?,19-/m0/s1. The minimum Gasteiger partial charge on any atom is -0.391 e. The number of hydrogen-bond donors (Lipinski definition) is 2. The number of hydrogen-bond acceptors (Lipinski definition) is 5. The predicted molar refractivity (Wildman–Crippen MR) is 110 cm³/mol. The van der Waals surface area contributed by atoms with Gasteiger partial charge in [-0.15, -0.1) is 0 Å². The van der Waals surface area contributed by atoms with Gasteiger partial charge in [0, 0.05) is 6.54 Å². The Hall–Kier alpha value is -2.44. The molecule has 1 aliphatic carbocycles. The zero-order valence-corrected chi connectivity index (χ0v) is 15.8. The van der Waals surface area contributed by atoms with E-state index in [1.165, 1.54) is 16.7 Å². The van der Waals surface area contributed by atoms with Crippen molar-refractivity contribution in [2.75, 3.05) is 5.32 Å². The summed E-state index contributed by atoms with van der Waals surface area (Å²) in [6, 6.07) is 14.8. The van der Waals surface area contributed by atoms with E-state index in [-0.39, 0.29) is 12.1 Å². The fourth-order valence-electron chi connectivity index (χ4n) is 3.90. The smallest absolute Gasteiger partial charge is 0.184 e. The van der Waals surface area contributed by atoms with Crippen molar-refractivity contribution in [2.45, 2.75) is 44.4 Å². The molecule has 0 radical (unpaired) electrons. The lowest BCUT2D eigenvalue weighted by Gasteiger charge is -2.27. The highest BCUT2D eigenvalue weighted by molar-refractivity contribution is 7.22. The molecular formula is C21H22N4OS. The molecule has 1 saturated carbocycles. The molecule has 2 N–H and O–H groups in total. The number of para-hydroxylation sites is 2. The molecule has 1 aliphatic rings. The lowest BCUT2D eigenvalue weighted by Crippen LogP contribution is -2.36. The Morgan fingerprint density at radius 3 is 2.93 bits per heavy atom. The normalized spacial score (nSPS) is 20.3. The minimum atomic E-state index is -0.268. The maximum absolute atomic E-state index is 10.2. The molecule has 5 rings (SSSR count). The van der Waals surface area contributed by atoms with Crippen LogP contribution in [0.1, 0.15) is 31.2 Å². The van der Waals surface area contributed by atoms with Crippen LogP contribution in [0.15, 0.2) is 48.8 Å². The van der Waals surface area contributed by atoms with Gasteiger partial charge in [-0.25, -0.2) is 9.97 Å². The van der Waals surface area contributed by atoms with E-state index in [0.717, 1.165) is 47.5 Å². The number of nitrogens with zero attached hydrogens (tertiary/aromatic N) is 3. The second-order valence-corrected chi connectivity index (χ2v) is 8.32. The van der Waals surface area contributed by atoms with Crippen molar-refractivity contribution in [2.24, 2.45) is 0 Å². The fraction of sp³-hybridized carbons (Fsp3) is 0.333. The quantitative estimate of drug-likeness (QED) is 0.552. The first kappa shape index (κ1) is 16.7. The van der Waals surface area contributed by atoms with Gasteiger partial charge < -0.3 is 15.0 Å². The van der Waals surface area contributed by atoms with Gasteiger partial charge in [-0.2, -0.15) is 0 Å². The number of aromatic nitrogens is 3. The first-order valence-corrected chi connectivity index (χ1v) is 10.3. The van der Waals surface area contributed by atoms with Crippen LogP contribution in [-0.4, -0.2) is 31.8 Å². The Bertz CT molecular complexity index is 1090. The molecule has 0 aliphatic heterocycles. The minimum absolute atomic E-state index is 0.121. The number of thiazole rings is 1. The number of anilines is 1. The summed E-state index contributed by atoms with van der Waals surface area (Å²) in [5, 5.41) is 14.5. The van der Waals surface area contributed by atoms with Crippen molar-refractivity contribution in [1.29, 1.82) is 0 Å². The Morgan fingerprint density at radius 1 is 1.11 bits per heavy atom. The molecule has 27 heavy (non-hydrogen) atoms. The van der Waals surface area contributed by atoms with E-state index < -0.39 is 0 Å². The molecule has 0 saturated heterocycles. The van der Waals surface area contributed by atoms with E-state index in [1.807, 2.05) is 24.5 Å². The molecule has 5 nitrogen and oxygen atoms in total. The highest BCUT2D eigenvalue weighted by Crippen LogP contribution is 2.30. The highest BCUT2D eigenvalue weighted by atomic mass is 32.1. The SMILES string of the molecule is O[C@H]1CCCCC1Nc1nc2ccc(Cn3cnc4ccccc43)cc2s1. The van der Waals surface area contributed by atoms with Gasteiger partial charge >= 0.3 is 0 Å². The molecule has 138 valence electrons. The van der Waals surface area contributed by atoms with Crippen LogP contribution in [-0.2, 0) is 6.54 Å². The van der Waals surface area contributed by atoms with Gasteiger partial charge in [-0.1, -0.05) is 42.4 Å². The third-order valence-corrected chi connectivity index (χ3v) is 6.32. The van der Waals surface area contributed by atoms with Gasteiger partial charge in [0.2, 0.25) is 0 Å². The third kappa shape index (κ3) is 3.31. The van der Waals surface area contributed by atoms with E-state index in [2.05, 4.69) is 39.1 Å². The van der Waals surface area contributed by atoms with Crippen LogP contribution in [0.3, 0.4) is 0 Å². The molecule has 2 aromatic heterocycles. The molecule has 1 fully saturated rings. The van der Waals surface area contributed by atoms with Gasteiger partial charge in [0.25, 0.3) is 0 Å². The number of rotatable bonds is 4. The summed E-state index contributed by atoms with van der Waals surface area (Å²) in [6.45, 7) is 0.790. The van der Waals surface area contributed by atoms with Crippen molar-refractivity contribution in [3.05, 3.63) is 54.4 Å². The van der Waals surface area contributed by atoms with Crippen LogP contribution in [0.4, 0.5) is 5.13 Å². The van der Waals surface area contributed by atoms with Crippen molar-refractivity contribution < 1.29 is 5.11 Å². The molecule has 0 amide bonds. The second-order valence-electron chi connectivity index (χ2n) is 7.28. The maximum atomic E-state index is 10.2. The fourth-order valence-corrected chi connectivity index (χ4v) is 4.89. The molecular weight excluding hydrogens is 356 g/mol. The number of nitrogens with one attached hydrogen (secondary N) is 1.